The van der Waals surface area contributed by atoms with Gasteiger partial charge in [0.25, 0.3) is 0 Å². The van der Waals surface area contributed by atoms with E-state index in [1.165, 1.54) is 57.8 Å². The van der Waals surface area contributed by atoms with Crippen molar-refractivity contribution in [3.63, 3.8) is 0 Å². The molecular formula is C43H52O7. The number of hydrogen-bond donors (Lipinski definition) is 0. The highest BCUT2D eigenvalue weighted by Crippen LogP contribution is 2.28. The van der Waals surface area contributed by atoms with E-state index < -0.39 is 12.1 Å². The summed E-state index contributed by atoms with van der Waals surface area (Å²) in [5.74, 6) is 2.76. The molecule has 0 aromatic heterocycles. The second kappa shape index (κ2) is 21.3. The number of hydrogen-bond acceptors (Lipinski definition) is 7. The summed E-state index contributed by atoms with van der Waals surface area (Å²) in [5, 5.41) is 0. The van der Waals surface area contributed by atoms with E-state index in [1.807, 2.05) is 62.4 Å². The van der Waals surface area contributed by atoms with Crippen LogP contribution in [0.15, 0.2) is 97.1 Å². The fourth-order valence-corrected chi connectivity index (χ4v) is 5.23. The molecule has 0 saturated carbocycles. The molecule has 266 valence electrons. The summed E-state index contributed by atoms with van der Waals surface area (Å²) >= 11 is 0. The zero-order valence-corrected chi connectivity index (χ0v) is 29.9. The Morgan fingerprint density at radius 3 is 1.56 bits per heavy atom. The summed E-state index contributed by atoms with van der Waals surface area (Å²) in [6.07, 6.45) is 13.2. The lowest BCUT2D eigenvalue weighted by molar-refractivity contribution is 0.0734. The fourth-order valence-electron chi connectivity index (χ4n) is 5.23. The number of unbranched alkanes of at least 4 members (excludes halogenated alkanes) is 9. The lowest BCUT2D eigenvalue weighted by Gasteiger charge is -2.10. The van der Waals surface area contributed by atoms with Gasteiger partial charge in [-0.1, -0.05) is 109 Å². The van der Waals surface area contributed by atoms with Gasteiger partial charge in [-0.2, -0.15) is 0 Å². The molecule has 0 N–H and O–H groups in total. The summed E-state index contributed by atoms with van der Waals surface area (Å²) in [6, 6.07) is 28.9. The minimum Gasteiger partial charge on any atom is -0.494 e. The van der Waals surface area contributed by atoms with Gasteiger partial charge < -0.3 is 23.7 Å². The molecule has 1 unspecified atom stereocenters. The average Bonchev–Trinajstić information content (AvgIpc) is 3.14. The van der Waals surface area contributed by atoms with E-state index in [4.69, 9.17) is 23.7 Å². The van der Waals surface area contributed by atoms with Gasteiger partial charge >= 0.3 is 12.1 Å². The zero-order valence-electron chi connectivity index (χ0n) is 29.9. The fraction of sp³-hybridized carbons (Fsp3) is 0.395. The number of carbonyl (C=O) groups excluding carboxylic acids is 2. The first-order valence-corrected chi connectivity index (χ1v) is 18.2. The third-order valence-electron chi connectivity index (χ3n) is 8.55. The van der Waals surface area contributed by atoms with Crippen molar-refractivity contribution in [2.24, 2.45) is 5.92 Å². The van der Waals surface area contributed by atoms with Crippen molar-refractivity contribution >= 4 is 12.1 Å². The maximum atomic E-state index is 12.7. The van der Waals surface area contributed by atoms with Crippen LogP contribution in [0.1, 0.15) is 102 Å². The molecule has 0 fully saturated rings. The minimum absolute atomic E-state index is 0.291. The topological polar surface area (TPSA) is 80.3 Å². The predicted octanol–water partition coefficient (Wildman–Crippen LogP) is 12.2. The van der Waals surface area contributed by atoms with Crippen LogP contribution in [0.3, 0.4) is 0 Å². The summed E-state index contributed by atoms with van der Waals surface area (Å²) in [7, 11) is 0. The van der Waals surface area contributed by atoms with Gasteiger partial charge in [-0.15, -0.1) is 0 Å². The Morgan fingerprint density at radius 1 is 0.540 bits per heavy atom. The van der Waals surface area contributed by atoms with Crippen molar-refractivity contribution in [2.45, 2.75) is 91.4 Å². The van der Waals surface area contributed by atoms with Crippen LogP contribution in [0.2, 0.25) is 0 Å². The smallest absolute Gasteiger partial charge is 0.494 e. The molecule has 50 heavy (non-hydrogen) atoms. The van der Waals surface area contributed by atoms with E-state index >= 15 is 0 Å². The van der Waals surface area contributed by atoms with Crippen LogP contribution in [-0.4, -0.2) is 25.3 Å². The summed E-state index contributed by atoms with van der Waals surface area (Å²) in [5.41, 5.74) is 2.37. The van der Waals surface area contributed by atoms with Gasteiger partial charge in [0.15, 0.2) is 0 Å². The van der Waals surface area contributed by atoms with Crippen molar-refractivity contribution in [1.82, 2.24) is 0 Å². The molecule has 0 spiro atoms. The molecule has 0 aliphatic carbocycles. The van der Waals surface area contributed by atoms with Crippen molar-refractivity contribution < 1.29 is 33.3 Å². The Bertz CT molecular complexity index is 1550. The van der Waals surface area contributed by atoms with Gasteiger partial charge in [0, 0.05) is 0 Å². The van der Waals surface area contributed by atoms with Crippen molar-refractivity contribution in [2.75, 3.05) is 13.2 Å². The Kier molecular flexibility index (Phi) is 16.2. The van der Waals surface area contributed by atoms with E-state index in [1.54, 1.807) is 48.5 Å². The molecular weight excluding hydrogens is 628 g/mol. The van der Waals surface area contributed by atoms with Crippen molar-refractivity contribution in [3.05, 3.63) is 103 Å². The lowest BCUT2D eigenvalue weighted by Crippen LogP contribution is -2.15. The third-order valence-corrected chi connectivity index (χ3v) is 8.55. The molecule has 0 aliphatic heterocycles. The number of esters is 1. The first-order valence-electron chi connectivity index (χ1n) is 18.2. The van der Waals surface area contributed by atoms with Crippen LogP contribution in [0.4, 0.5) is 4.79 Å². The standard InChI is InChI=1S/C43H52O7/c1-4-6-7-8-9-10-11-12-13-14-31-46-37-27-29-40(30-28-37)49-42(44)36-19-25-39(26-20-36)48-38-21-15-34(16-22-38)35-17-23-41(24-18-35)50-43(45)47-32-33(3)5-2/h15-30,33H,4-14,31-32H2,1-3H3. The molecule has 1 atom stereocenters. The Hall–Kier alpha value is -4.78. The largest absolute Gasteiger partial charge is 0.513 e. The molecule has 0 amide bonds. The minimum atomic E-state index is -0.699. The van der Waals surface area contributed by atoms with Crippen LogP contribution < -0.4 is 18.9 Å². The SMILES string of the molecule is CCCCCCCCCCCCOc1ccc(OC(=O)c2ccc(Oc3ccc(-c4ccc(OC(=O)OCC(C)CC)cc4)cc3)cc2)cc1. The molecule has 4 rings (SSSR count). The van der Waals surface area contributed by atoms with E-state index in [0.717, 1.165) is 29.7 Å². The zero-order chi connectivity index (χ0) is 35.4. The highest BCUT2D eigenvalue weighted by Gasteiger charge is 2.11. The van der Waals surface area contributed by atoms with Gasteiger partial charge in [-0.25, -0.2) is 9.59 Å². The average molecular weight is 681 g/mol. The van der Waals surface area contributed by atoms with Crippen LogP contribution in [-0.2, 0) is 4.74 Å². The summed E-state index contributed by atoms with van der Waals surface area (Å²) < 4.78 is 27.8. The molecule has 4 aromatic carbocycles. The maximum Gasteiger partial charge on any atom is 0.513 e. The molecule has 0 bridgehead atoms. The molecule has 7 nitrogen and oxygen atoms in total. The Balaban J connectivity index is 1.15. The van der Waals surface area contributed by atoms with E-state index in [-0.39, 0.29) is 0 Å². The summed E-state index contributed by atoms with van der Waals surface area (Å²) in [4.78, 5) is 24.6. The quantitative estimate of drug-likeness (QED) is 0.0375. The summed E-state index contributed by atoms with van der Waals surface area (Å²) in [6.45, 7) is 7.35. The van der Waals surface area contributed by atoms with Gasteiger partial charge in [-0.3, -0.25) is 0 Å². The first-order chi connectivity index (χ1) is 24.4. The molecule has 7 heteroatoms. The molecule has 0 aliphatic rings. The van der Waals surface area contributed by atoms with Gasteiger partial charge in [0.2, 0.25) is 0 Å². The van der Waals surface area contributed by atoms with Crippen LogP contribution in [0, 0.1) is 5.92 Å². The van der Waals surface area contributed by atoms with Crippen LogP contribution in [0.25, 0.3) is 11.1 Å². The molecule has 0 heterocycles. The van der Waals surface area contributed by atoms with E-state index in [2.05, 4.69) is 6.92 Å². The second-order valence-corrected chi connectivity index (χ2v) is 12.7. The van der Waals surface area contributed by atoms with Crippen molar-refractivity contribution in [1.29, 1.82) is 0 Å². The Labute approximate surface area is 297 Å². The number of ether oxygens (including phenoxy) is 5. The van der Waals surface area contributed by atoms with Crippen LogP contribution in [0.5, 0.6) is 28.7 Å². The molecule has 4 aromatic rings. The number of benzene rings is 4. The predicted molar refractivity (Wildman–Crippen MR) is 199 cm³/mol. The normalized spacial score (nSPS) is 11.4. The highest BCUT2D eigenvalue weighted by atomic mass is 16.7. The van der Waals surface area contributed by atoms with Gasteiger partial charge in [-0.05, 0) is 96.3 Å². The van der Waals surface area contributed by atoms with Gasteiger partial charge in [0.05, 0.1) is 18.8 Å². The third kappa shape index (κ3) is 13.6. The first kappa shape index (κ1) is 38.0. The monoisotopic (exact) mass is 680 g/mol. The van der Waals surface area contributed by atoms with Gasteiger partial charge in [0.1, 0.15) is 28.7 Å². The van der Waals surface area contributed by atoms with E-state index in [9.17, 15) is 9.59 Å². The number of carbonyl (C=O) groups is 2. The molecule has 0 radical (unpaired) electrons. The second-order valence-electron chi connectivity index (χ2n) is 12.7. The Morgan fingerprint density at radius 2 is 1.00 bits per heavy atom. The van der Waals surface area contributed by atoms with Crippen molar-refractivity contribution in [3.8, 4) is 39.9 Å². The lowest BCUT2D eigenvalue weighted by atomic mass is 10.1. The number of rotatable bonds is 21. The maximum absolute atomic E-state index is 12.7. The highest BCUT2D eigenvalue weighted by molar-refractivity contribution is 5.91. The molecule has 0 saturated heterocycles. The van der Waals surface area contributed by atoms with E-state index in [0.29, 0.717) is 47.7 Å². The van der Waals surface area contributed by atoms with Crippen LogP contribution >= 0.6 is 0 Å².